The third-order valence-corrected chi connectivity index (χ3v) is 5.39. The van der Waals surface area contributed by atoms with E-state index in [2.05, 4.69) is 20.2 Å². The molecule has 0 bridgehead atoms. The highest BCUT2D eigenvalue weighted by atomic mass is 16.2. The normalized spacial score (nSPS) is 15.3. The summed E-state index contributed by atoms with van der Waals surface area (Å²) in [5, 5.41) is 3.08. The lowest BCUT2D eigenvalue weighted by atomic mass is 10.0. The minimum atomic E-state index is -0.482. The van der Waals surface area contributed by atoms with Crippen molar-refractivity contribution in [3.63, 3.8) is 0 Å². The molecule has 0 unspecified atom stereocenters. The molecule has 0 atom stereocenters. The van der Waals surface area contributed by atoms with Gasteiger partial charge in [0.1, 0.15) is 0 Å². The van der Waals surface area contributed by atoms with Crippen LogP contribution in [-0.2, 0) is 13.6 Å². The van der Waals surface area contributed by atoms with Crippen molar-refractivity contribution in [1.29, 1.82) is 0 Å². The summed E-state index contributed by atoms with van der Waals surface area (Å²) in [6.45, 7) is 2.22. The van der Waals surface area contributed by atoms with Gasteiger partial charge in [-0.05, 0) is 32.0 Å². The smallest absolute Gasteiger partial charge is 0.317 e. The van der Waals surface area contributed by atoms with Gasteiger partial charge < -0.3 is 14.8 Å². The van der Waals surface area contributed by atoms with E-state index in [0.717, 1.165) is 49.1 Å². The van der Waals surface area contributed by atoms with E-state index < -0.39 is 11.1 Å². The van der Waals surface area contributed by atoms with Gasteiger partial charge >= 0.3 is 11.1 Å². The lowest BCUT2D eigenvalue weighted by Crippen LogP contribution is -2.45. The maximum absolute atomic E-state index is 12.7. The number of piperidine rings is 1. The van der Waals surface area contributed by atoms with E-state index in [0.29, 0.717) is 5.95 Å². The van der Waals surface area contributed by atoms with E-state index >= 15 is 0 Å². The summed E-state index contributed by atoms with van der Waals surface area (Å²) in [5.74, 6) is 0.708. The van der Waals surface area contributed by atoms with Crippen molar-refractivity contribution in [2.75, 3.05) is 25.0 Å². The molecule has 3 aromatic rings. The number of nitrogens with one attached hydrogen (secondary N) is 1. The molecule has 0 aliphatic carbocycles. The number of hydrogen-bond acceptors (Lipinski definition) is 6. The van der Waals surface area contributed by atoms with Crippen LogP contribution in [0.15, 0.2) is 46.2 Å². The molecule has 28 heavy (non-hydrogen) atoms. The molecule has 8 heteroatoms. The third kappa shape index (κ3) is 3.20. The monoisotopic (exact) mass is 380 g/mol. The van der Waals surface area contributed by atoms with Gasteiger partial charge in [0.05, 0.1) is 11.0 Å². The van der Waals surface area contributed by atoms with Crippen LogP contribution in [0.4, 0.5) is 5.95 Å². The standard InChI is InChI=1S/C20H24N6O2/c1-21-11-14-12-22-20(23-13-14)25-9-7-15(8-10-25)26-17-6-4-3-5-16(17)24(2)18(27)19(26)28/h3-6,12-13,15,21H,7-11H2,1-2H3. The molecule has 1 aliphatic heterocycles. The first-order valence-corrected chi connectivity index (χ1v) is 9.51. The highest BCUT2D eigenvalue weighted by Gasteiger charge is 2.25. The van der Waals surface area contributed by atoms with Crippen LogP contribution >= 0.6 is 0 Å². The van der Waals surface area contributed by atoms with Crippen LogP contribution < -0.4 is 21.3 Å². The fourth-order valence-electron chi connectivity index (χ4n) is 3.91. The molecular weight excluding hydrogens is 356 g/mol. The average molecular weight is 380 g/mol. The summed E-state index contributed by atoms with van der Waals surface area (Å²) >= 11 is 0. The van der Waals surface area contributed by atoms with Crippen molar-refractivity contribution < 1.29 is 0 Å². The Morgan fingerprint density at radius 3 is 2.32 bits per heavy atom. The first kappa shape index (κ1) is 18.4. The highest BCUT2D eigenvalue weighted by molar-refractivity contribution is 5.75. The second-order valence-corrected chi connectivity index (χ2v) is 7.17. The molecule has 1 N–H and O–H groups in total. The van der Waals surface area contributed by atoms with Gasteiger partial charge in [-0.2, -0.15) is 0 Å². The maximum atomic E-state index is 12.7. The van der Waals surface area contributed by atoms with Gasteiger partial charge in [-0.25, -0.2) is 9.97 Å². The van der Waals surface area contributed by atoms with Crippen molar-refractivity contribution in [2.24, 2.45) is 7.05 Å². The van der Waals surface area contributed by atoms with E-state index in [1.54, 1.807) is 11.6 Å². The van der Waals surface area contributed by atoms with Crippen LogP contribution in [0, 0.1) is 0 Å². The van der Waals surface area contributed by atoms with Crippen molar-refractivity contribution >= 4 is 17.0 Å². The molecule has 8 nitrogen and oxygen atoms in total. The highest BCUT2D eigenvalue weighted by Crippen LogP contribution is 2.26. The van der Waals surface area contributed by atoms with Gasteiger partial charge in [-0.1, -0.05) is 12.1 Å². The summed E-state index contributed by atoms with van der Waals surface area (Å²) < 4.78 is 3.12. The molecule has 0 radical (unpaired) electrons. The minimum absolute atomic E-state index is 0.00823. The van der Waals surface area contributed by atoms with Gasteiger partial charge in [0.2, 0.25) is 5.95 Å². The number of hydrogen-bond donors (Lipinski definition) is 1. The second kappa shape index (κ2) is 7.55. The molecule has 3 heterocycles. The number of para-hydroxylation sites is 2. The molecule has 2 aromatic heterocycles. The number of rotatable bonds is 4. The van der Waals surface area contributed by atoms with E-state index in [1.807, 2.05) is 43.7 Å². The van der Waals surface area contributed by atoms with Crippen LogP contribution in [0.2, 0.25) is 0 Å². The van der Waals surface area contributed by atoms with E-state index in [-0.39, 0.29) is 6.04 Å². The Kier molecular flexibility index (Phi) is 4.95. The molecular formula is C20H24N6O2. The molecule has 0 spiro atoms. The molecule has 0 saturated carbocycles. The summed E-state index contributed by atoms with van der Waals surface area (Å²) in [5.41, 5.74) is 1.69. The van der Waals surface area contributed by atoms with Gasteiger partial charge in [0.25, 0.3) is 0 Å². The van der Waals surface area contributed by atoms with Crippen molar-refractivity contribution in [3.05, 3.63) is 62.9 Å². The molecule has 1 aromatic carbocycles. The first-order chi connectivity index (χ1) is 13.6. The Labute approximate surface area is 162 Å². The number of nitrogens with zero attached hydrogens (tertiary/aromatic N) is 5. The Hall–Kier alpha value is -3.00. The molecule has 1 fully saturated rings. The van der Waals surface area contributed by atoms with Crippen LogP contribution in [-0.4, -0.2) is 39.2 Å². The van der Waals surface area contributed by atoms with Gasteiger partial charge in [0.15, 0.2) is 0 Å². The number of aryl methyl sites for hydroxylation is 1. The predicted molar refractivity (Wildman–Crippen MR) is 109 cm³/mol. The molecule has 1 aliphatic rings. The quantitative estimate of drug-likeness (QED) is 0.681. The molecule has 1 saturated heterocycles. The Balaban J connectivity index is 1.59. The molecule has 0 amide bonds. The Morgan fingerprint density at radius 1 is 1.04 bits per heavy atom. The Bertz CT molecular complexity index is 1090. The summed E-state index contributed by atoms with van der Waals surface area (Å²) in [6, 6.07) is 7.56. The maximum Gasteiger partial charge on any atom is 0.317 e. The van der Waals surface area contributed by atoms with Crippen LogP contribution in [0.25, 0.3) is 11.0 Å². The lowest BCUT2D eigenvalue weighted by molar-refractivity contribution is 0.391. The largest absolute Gasteiger partial charge is 0.341 e. The summed E-state index contributed by atoms with van der Waals surface area (Å²) in [4.78, 5) is 36.2. The third-order valence-electron chi connectivity index (χ3n) is 5.39. The van der Waals surface area contributed by atoms with Gasteiger partial charge in [-0.15, -0.1) is 0 Å². The SMILES string of the molecule is CNCc1cnc(N2CCC(n3c(=O)c(=O)n(C)c4ccccc43)CC2)nc1. The molecule has 146 valence electrons. The summed E-state index contributed by atoms with van der Waals surface area (Å²) in [6.07, 6.45) is 5.20. The number of fused-ring (bicyclic) bond motifs is 1. The van der Waals surface area contributed by atoms with Gasteiger partial charge in [-0.3, -0.25) is 14.2 Å². The number of benzene rings is 1. The minimum Gasteiger partial charge on any atom is -0.341 e. The van der Waals surface area contributed by atoms with E-state index in [1.165, 1.54) is 4.57 Å². The van der Waals surface area contributed by atoms with Crippen LogP contribution in [0.1, 0.15) is 24.4 Å². The fraction of sp³-hybridized carbons (Fsp3) is 0.400. The van der Waals surface area contributed by atoms with Crippen molar-refractivity contribution in [3.8, 4) is 0 Å². The van der Waals surface area contributed by atoms with Crippen LogP contribution in [0.5, 0.6) is 0 Å². The predicted octanol–water partition coefficient (Wildman–Crippen LogP) is 1.05. The zero-order chi connectivity index (χ0) is 19.7. The van der Waals surface area contributed by atoms with E-state index in [4.69, 9.17) is 0 Å². The zero-order valence-electron chi connectivity index (χ0n) is 16.1. The van der Waals surface area contributed by atoms with Crippen LogP contribution in [0.3, 0.4) is 0 Å². The fourth-order valence-corrected chi connectivity index (χ4v) is 3.91. The number of anilines is 1. The number of aromatic nitrogens is 4. The first-order valence-electron chi connectivity index (χ1n) is 9.51. The van der Waals surface area contributed by atoms with Crippen molar-refractivity contribution in [2.45, 2.75) is 25.4 Å². The topological polar surface area (TPSA) is 85.0 Å². The second-order valence-electron chi connectivity index (χ2n) is 7.17. The Morgan fingerprint density at radius 2 is 1.68 bits per heavy atom. The van der Waals surface area contributed by atoms with Crippen molar-refractivity contribution in [1.82, 2.24) is 24.4 Å². The molecule has 4 rings (SSSR count). The van der Waals surface area contributed by atoms with Gasteiger partial charge in [0, 0.05) is 50.7 Å². The van der Waals surface area contributed by atoms with E-state index in [9.17, 15) is 9.59 Å². The average Bonchev–Trinajstić information content (AvgIpc) is 2.74. The lowest BCUT2D eigenvalue weighted by Gasteiger charge is -2.33. The zero-order valence-corrected chi connectivity index (χ0v) is 16.1. The summed E-state index contributed by atoms with van der Waals surface area (Å²) in [7, 11) is 3.54.